The molecule has 6 nitrogen and oxygen atoms in total. The second-order valence-corrected chi connectivity index (χ2v) is 4.87. The van der Waals surface area contributed by atoms with E-state index in [0.717, 1.165) is 35.7 Å². The molecular weight excluding hydrogens is 244 g/mol. The van der Waals surface area contributed by atoms with Crippen LogP contribution in [0.1, 0.15) is 16.8 Å². The largest absolute Gasteiger partial charge is 0.377 e. The van der Waals surface area contributed by atoms with Crippen molar-refractivity contribution in [3.63, 3.8) is 0 Å². The Kier molecular flexibility index (Phi) is 4.34. The van der Waals surface area contributed by atoms with Crippen LogP contribution in [0.15, 0.2) is 0 Å². The van der Waals surface area contributed by atoms with Gasteiger partial charge in [0.15, 0.2) is 5.82 Å². The first-order chi connectivity index (χ1) is 9.12. The molecular formula is C13H22N4O2. The van der Waals surface area contributed by atoms with E-state index in [9.17, 15) is 0 Å². The number of nitrogens with zero attached hydrogens (tertiary/aromatic N) is 3. The Balaban J connectivity index is 2.31. The van der Waals surface area contributed by atoms with Gasteiger partial charge in [-0.25, -0.2) is 0 Å². The predicted molar refractivity (Wildman–Crippen MR) is 73.2 cm³/mol. The Labute approximate surface area is 113 Å². The molecule has 0 spiro atoms. The third-order valence-corrected chi connectivity index (χ3v) is 3.88. The van der Waals surface area contributed by atoms with Gasteiger partial charge in [-0.05, 0) is 19.4 Å². The van der Waals surface area contributed by atoms with Crippen LogP contribution in [0.3, 0.4) is 0 Å². The number of hydrogen-bond acceptors (Lipinski definition) is 6. The highest BCUT2D eigenvalue weighted by Crippen LogP contribution is 2.26. The summed E-state index contributed by atoms with van der Waals surface area (Å²) in [5.41, 5.74) is 8.96. The van der Waals surface area contributed by atoms with Gasteiger partial charge in [-0.3, -0.25) is 0 Å². The van der Waals surface area contributed by atoms with Crippen LogP contribution in [-0.2, 0) is 16.0 Å². The highest BCUT2D eigenvalue weighted by Gasteiger charge is 2.34. The normalized spacial score (nSPS) is 23.1. The lowest BCUT2D eigenvalue weighted by atomic mass is 10.1. The van der Waals surface area contributed by atoms with Crippen molar-refractivity contribution < 1.29 is 9.47 Å². The van der Waals surface area contributed by atoms with Gasteiger partial charge in [0.05, 0.1) is 5.69 Å². The van der Waals surface area contributed by atoms with Crippen molar-refractivity contribution in [1.82, 2.24) is 10.2 Å². The van der Waals surface area contributed by atoms with E-state index in [-0.39, 0.29) is 12.2 Å². The molecule has 0 bridgehead atoms. The van der Waals surface area contributed by atoms with Gasteiger partial charge >= 0.3 is 0 Å². The van der Waals surface area contributed by atoms with Crippen LogP contribution in [0.25, 0.3) is 0 Å². The molecule has 2 heterocycles. The molecule has 0 radical (unpaired) electrons. The highest BCUT2D eigenvalue weighted by atomic mass is 16.5. The molecule has 1 aromatic heterocycles. The summed E-state index contributed by atoms with van der Waals surface area (Å²) in [5, 5.41) is 8.52. The third kappa shape index (κ3) is 2.56. The SMILES string of the molecule is COC1CN(c2nnc(C)c(C)c2CN)CC1OC. The van der Waals surface area contributed by atoms with E-state index in [2.05, 4.69) is 15.1 Å². The Hall–Kier alpha value is -1.24. The van der Waals surface area contributed by atoms with E-state index in [4.69, 9.17) is 15.2 Å². The van der Waals surface area contributed by atoms with Crippen LogP contribution in [0.2, 0.25) is 0 Å². The summed E-state index contributed by atoms with van der Waals surface area (Å²) in [6.07, 6.45) is 0.109. The van der Waals surface area contributed by atoms with Gasteiger partial charge in [0.25, 0.3) is 0 Å². The second kappa shape index (κ2) is 5.81. The molecule has 2 atom stereocenters. The van der Waals surface area contributed by atoms with Gasteiger partial charge in [0.1, 0.15) is 12.2 Å². The van der Waals surface area contributed by atoms with E-state index in [1.807, 2.05) is 13.8 Å². The van der Waals surface area contributed by atoms with Gasteiger partial charge in [-0.1, -0.05) is 0 Å². The average Bonchev–Trinajstić information content (AvgIpc) is 2.84. The van der Waals surface area contributed by atoms with Crippen molar-refractivity contribution in [3.05, 3.63) is 16.8 Å². The zero-order chi connectivity index (χ0) is 14.0. The number of anilines is 1. The van der Waals surface area contributed by atoms with Crippen molar-refractivity contribution in [2.75, 3.05) is 32.2 Å². The van der Waals surface area contributed by atoms with E-state index in [0.29, 0.717) is 6.54 Å². The highest BCUT2D eigenvalue weighted by molar-refractivity contribution is 5.51. The maximum absolute atomic E-state index is 5.87. The standard InChI is InChI=1S/C13H22N4O2/c1-8-9(2)15-16-13(10(8)5-14)17-6-11(18-3)12(7-17)19-4/h11-12H,5-7,14H2,1-4H3. The first-order valence-electron chi connectivity index (χ1n) is 6.45. The maximum Gasteiger partial charge on any atom is 0.156 e. The first-order valence-corrected chi connectivity index (χ1v) is 6.45. The molecule has 1 saturated heterocycles. The predicted octanol–water partition coefficient (Wildman–Crippen LogP) is 0.402. The third-order valence-electron chi connectivity index (χ3n) is 3.88. The van der Waals surface area contributed by atoms with Crippen molar-refractivity contribution >= 4 is 5.82 Å². The topological polar surface area (TPSA) is 73.5 Å². The maximum atomic E-state index is 5.87. The summed E-state index contributed by atoms with van der Waals surface area (Å²) in [6.45, 7) is 5.94. The minimum atomic E-state index is 0.0547. The number of methoxy groups -OCH3 is 2. The van der Waals surface area contributed by atoms with Crippen molar-refractivity contribution in [2.45, 2.75) is 32.6 Å². The minimum Gasteiger partial charge on any atom is -0.377 e. The van der Waals surface area contributed by atoms with Gasteiger partial charge in [0.2, 0.25) is 0 Å². The van der Waals surface area contributed by atoms with Crippen molar-refractivity contribution in [2.24, 2.45) is 5.73 Å². The Bertz CT molecular complexity index is 441. The van der Waals surface area contributed by atoms with Crippen LogP contribution in [0.5, 0.6) is 0 Å². The van der Waals surface area contributed by atoms with Crippen LogP contribution in [0.4, 0.5) is 5.82 Å². The minimum absolute atomic E-state index is 0.0547. The molecule has 2 N–H and O–H groups in total. The number of aryl methyl sites for hydroxylation is 1. The molecule has 0 amide bonds. The quantitative estimate of drug-likeness (QED) is 0.850. The molecule has 19 heavy (non-hydrogen) atoms. The summed E-state index contributed by atoms with van der Waals surface area (Å²) in [7, 11) is 3.41. The second-order valence-electron chi connectivity index (χ2n) is 4.87. The summed E-state index contributed by atoms with van der Waals surface area (Å²) in [5.74, 6) is 0.854. The molecule has 106 valence electrons. The Morgan fingerprint density at radius 3 is 2.21 bits per heavy atom. The van der Waals surface area contributed by atoms with E-state index < -0.39 is 0 Å². The van der Waals surface area contributed by atoms with Crippen LogP contribution in [0, 0.1) is 13.8 Å². The van der Waals surface area contributed by atoms with Gasteiger partial charge < -0.3 is 20.1 Å². The molecule has 2 rings (SSSR count). The van der Waals surface area contributed by atoms with Gasteiger partial charge in [-0.2, -0.15) is 5.10 Å². The van der Waals surface area contributed by atoms with Crippen LogP contribution < -0.4 is 10.6 Å². The first kappa shape index (κ1) is 14.2. The fourth-order valence-corrected chi connectivity index (χ4v) is 2.51. The summed E-state index contributed by atoms with van der Waals surface area (Å²) >= 11 is 0. The molecule has 2 unspecified atom stereocenters. The molecule has 1 fully saturated rings. The molecule has 0 aromatic carbocycles. The average molecular weight is 266 g/mol. The Morgan fingerprint density at radius 2 is 1.74 bits per heavy atom. The molecule has 1 aliphatic heterocycles. The van der Waals surface area contributed by atoms with Crippen LogP contribution >= 0.6 is 0 Å². The lowest BCUT2D eigenvalue weighted by molar-refractivity contribution is -0.00461. The van der Waals surface area contributed by atoms with Gasteiger partial charge in [0, 0.05) is 39.4 Å². The molecule has 0 saturated carbocycles. The summed E-state index contributed by atoms with van der Waals surface area (Å²) in [6, 6.07) is 0. The molecule has 0 aliphatic carbocycles. The number of rotatable bonds is 4. The lowest BCUT2D eigenvalue weighted by Crippen LogP contribution is -2.27. The molecule has 1 aliphatic rings. The van der Waals surface area contributed by atoms with Crippen molar-refractivity contribution in [3.8, 4) is 0 Å². The Morgan fingerprint density at radius 1 is 1.16 bits per heavy atom. The summed E-state index contributed by atoms with van der Waals surface area (Å²) in [4.78, 5) is 2.14. The van der Waals surface area contributed by atoms with E-state index >= 15 is 0 Å². The smallest absolute Gasteiger partial charge is 0.156 e. The van der Waals surface area contributed by atoms with Crippen molar-refractivity contribution in [1.29, 1.82) is 0 Å². The zero-order valence-corrected chi connectivity index (χ0v) is 12.0. The number of ether oxygens (including phenoxy) is 2. The van der Waals surface area contributed by atoms with E-state index in [1.54, 1.807) is 14.2 Å². The van der Waals surface area contributed by atoms with Gasteiger partial charge in [-0.15, -0.1) is 5.10 Å². The number of hydrogen-bond donors (Lipinski definition) is 1. The molecule has 1 aromatic rings. The van der Waals surface area contributed by atoms with Crippen LogP contribution in [-0.4, -0.2) is 49.7 Å². The fraction of sp³-hybridized carbons (Fsp3) is 0.692. The fourth-order valence-electron chi connectivity index (χ4n) is 2.51. The number of nitrogens with two attached hydrogens (primary N) is 1. The summed E-state index contributed by atoms with van der Waals surface area (Å²) < 4.78 is 10.9. The molecule has 6 heteroatoms. The lowest BCUT2D eigenvalue weighted by Gasteiger charge is -2.21. The monoisotopic (exact) mass is 266 g/mol. The zero-order valence-electron chi connectivity index (χ0n) is 12.0. The number of aromatic nitrogens is 2. The van der Waals surface area contributed by atoms with E-state index in [1.165, 1.54) is 0 Å².